The van der Waals surface area contributed by atoms with Crippen molar-refractivity contribution in [2.75, 3.05) is 0 Å². The van der Waals surface area contributed by atoms with Gasteiger partial charge in [0.05, 0.1) is 0 Å². The van der Waals surface area contributed by atoms with Crippen molar-refractivity contribution < 1.29 is 20.2 Å². The molecule has 0 heterocycles. The van der Waals surface area contributed by atoms with Gasteiger partial charge in [0.1, 0.15) is 0 Å². The fraction of sp³-hybridized carbons (Fsp3) is 1.00. The van der Waals surface area contributed by atoms with Crippen LogP contribution in [0.15, 0.2) is 0 Å². The van der Waals surface area contributed by atoms with E-state index in [-0.39, 0.29) is 11.6 Å². The molecule has 4 N–H and O–H groups in total. The van der Waals surface area contributed by atoms with E-state index in [1.807, 2.05) is 0 Å². The van der Waals surface area contributed by atoms with Crippen LogP contribution in [0.25, 0.3) is 0 Å². The summed E-state index contributed by atoms with van der Waals surface area (Å²) >= 11 is 0. The van der Waals surface area contributed by atoms with E-state index >= 15 is 0 Å². The quantitative estimate of drug-likeness (QED) is 0.440. The van der Waals surface area contributed by atoms with Crippen molar-refractivity contribution in [1.82, 2.24) is 0 Å². The van der Waals surface area contributed by atoms with Gasteiger partial charge in [-0.05, 0) is 13.8 Å². The monoisotopic (exact) mass is 122 g/mol. The summed E-state index contributed by atoms with van der Waals surface area (Å²) in [5.41, 5.74) is 0. The third-order valence-electron chi connectivity index (χ3n) is 0.394. The molecule has 0 aromatic heterocycles. The summed E-state index contributed by atoms with van der Waals surface area (Å²) in [6.45, 7) is 3.44. The molecule has 8 heavy (non-hydrogen) atoms. The molecule has 0 aromatic rings. The van der Waals surface area contributed by atoms with Gasteiger partial charge >= 0.3 is 7.32 Å². The zero-order valence-corrected chi connectivity index (χ0v) is 4.96. The molecule has 0 rings (SSSR count). The topological polar surface area (TPSA) is 81.2 Å². The maximum atomic E-state index is 8.06. The molecule has 0 radical (unpaired) electrons. The van der Waals surface area contributed by atoms with Crippen LogP contribution in [0.4, 0.5) is 0 Å². The fourth-order valence-electron chi connectivity index (χ4n) is 0.243. The summed E-state index contributed by atoms with van der Waals surface area (Å²) in [6.07, 6.45) is -0.125. The summed E-state index contributed by atoms with van der Waals surface area (Å²) in [7, 11) is -1.63. The Morgan fingerprint density at radius 2 is 1.75 bits per heavy atom. The molecule has 0 spiro atoms. The zero-order chi connectivity index (χ0) is 5.86. The molecule has 50 valence electrons. The molecular weight excluding hydrogens is 111 g/mol. The van der Waals surface area contributed by atoms with E-state index in [1.165, 1.54) is 0 Å². The number of rotatable bonds is 2. The van der Waals surface area contributed by atoms with Gasteiger partial charge in [-0.1, -0.05) is 0 Å². The molecule has 0 aliphatic carbocycles. The Morgan fingerprint density at radius 1 is 1.38 bits per heavy atom. The first-order valence-corrected chi connectivity index (χ1v) is 2.14. The minimum Gasteiger partial charge on any atom is -0.412 e. The molecule has 0 saturated carbocycles. The van der Waals surface area contributed by atoms with Crippen LogP contribution in [0.2, 0.25) is 0 Å². The summed E-state index contributed by atoms with van der Waals surface area (Å²) in [4.78, 5) is 0. The van der Waals surface area contributed by atoms with Crippen LogP contribution in [0, 0.1) is 0 Å². The predicted molar refractivity (Wildman–Crippen MR) is 30.0 cm³/mol. The molecule has 0 aliphatic heterocycles. The second kappa shape index (κ2) is 5.05. The molecule has 0 bridgehead atoms. The maximum absolute atomic E-state index is 8.06. The number of hydrogen-bond acceptors (Lipinski definition) is 3. The van der Waals surface area contributed by atoms with Crippen LogP contribution in [-0.4, -0.2) is 28.9 Å². The molecule has 0 amide bonds. The average molecular weight is 122 g/mol. The van der Waals surface area contributed by atoms with Gasteiger partial charge in [0, 0.05) is 6.10 Å². The lowest BCUT2D eigenvalue weighted by molar-refractivity contribution is 0.142. The first-order valence-electron chi connectivity index (χ1n) is 2.14. The van der Waals surface area contributed by atoms with Gasteiger partial charge in [-0.2, -0.15) is 0 Å². The van der Waals surface area contributed by atoms with E-state index in [1.54, 1.807) is 13.8 Å². The SMILES string of the molecule is CC(C)OB(O)O.O. The van der Waals surface area contributed by atoms with Crippen molar-refractivity contribution >= 4 is 7.32 Å². The summed E-state index contributed by atoms with van der Waals surface area (Å²) in [5, 5.41) is 16.1. The molecule has 0 fully saturated rings. The first kappa shape index (κ1) is 10.8. The van der Waals surface area contributed by atoms with Crippen LogP contribution >= 0.6 is 0 Å². The standard InChI is InChI=1S/C3H9BO3.H2O/c1-3(2)7-4(5)6;/h3,5-6H,1-2H3;1H2. The van der Waals surface area contributed by atoms with Crippen LogP contribution in [-0.2, 0) is 4.65 Å². The smallest absolute Gasteiger partial charge is 0.412 e. The lowest BCUT2D eigenvalue weighted by Crippen LogP contribution is -2.21. The lowest BCUT2D eigenvalue weighted by Gasteiger charge is -2.03. The Labute approximate surface area is 48.6 Å². The highest BCUT2D eigenvalue weighted by Gasteiger charge is 2.08. The predicted octanol–water partition coefficient (Wildman–Crippen LogP) is -1.44. The van der Waals surface area contributed by atoms with Gasteiger partial charge in [-0.3, -0.25) is 0 Å². The molecule has 0 aliphatic rings. The van der Waals surface area contributed by atoms with Gasteiger partial charge in [-0.15, -0.1) is 0 Å². The third-order valence-corrected chi connectivity index (χ3v) is 0.394. The van der Waals surface area contributed by atoms with Crippen molar-refractivity contribution in [3.63, 3.8) is 0 Å². The minimum absolute atomic E-state index is 0. The average Bonchev–Trinajstić information content (AvgIpc) is 1.27. The van der Waals surface area contributed by atoms with Crippen LogP contribution in [0.3, 0.4) is 0 Å². The van der Waals surface area contributed by atoms with Crippen molar-refractivity contribution in [2.45, 2.75) is 20.0 Å². The Balaban J connectivity index is 0. The first-order chi connectivity index (χ1) is 3.13. The van der Waals surface area contributed by atoms with Crippen molar-refractivity contribution in [1.29, 1.82) is 0 Å². The summed E-state index contributed by atoms with van der Waals surface area (Å²) < 4.78 is 4.36. The van der Waals surface area contributed by atoms with E-state index in [0.29, 0.717) is 0 Å². The van der Waals surface area contributed by atoms with Gasteiger partial charge < -0.3 is 20.2 Å². The second-order valence-electron chi connectivity index (χ2n) is 1.51. The molecule has 0 saturated heterocycles. The zero-order valence-electron chi connectivity index (χ0n) is 4.96. The van der Waals surface area contributed by atoms with Crippen molar-refractivity contribution in [3.8, 4) is 0 Å². The largest absolute Gasteiger partial charge is 0.634 e. The normalized spacial score (nSPS) is 8.62. The van der Waals surface area contributed by atoms with E-state index in [4.69, 9.17) is 10.0 Å². The Kier molecular flexibility index (Phi) is 6.82. The van der Waals surface area contributed by atoms with Crippen LogP contribution in [0.5, 0.6) is 0 Å². The van der Waals surface area contributed by atoms with E-state index in [0.717, 1.165) is 0 Å². The lowest BCUT2D eigenvalue weighted by atomic mass is 10.2. The highest BCUT2D eigenvalue weighted by Crippen LogP contribution is 1.85. The van der Waals surface area contributed by atoms with E-state index < -0.39 is 7.32 Å². The molecule has 0 atom stereocenters. The summed E-state index contributed by atoms with van der Waals surface area (Å²) in [5.74, 6) is 0. The Morgan fingerprint density at radius 3 is 1.75 bits per heavy atom. The van der Waals surface area contributed by atoms with Gasteiger partial charge in [0.25, 0.3) is 0 Å². The molecule has 5 heteroatoms. The van der Waals surface area contributed by atoms with E-state index in [2.05, 4.69) is 4.65 Å². The van der Waals surface area contributed by atoms with Crippen molar-refractivity contribution in [2.24, 2.45) is 0 Å². The van der Waals surface area contributed by atoms with Crippen LogP contribution in [0.1, 0.15) is 13.8 Å². The maximum Gasteiger partial charge on any atom is 0.634 e. The highest BCUT2D eigenvalue weighted by molar-refractivity contribution is 6.32. The molecular formula is C3H11BO4. The van der Waals surface area contributed by atoms with Crippen LogP contribution < -0.4 is 0 Å². The fourth-order valence-corrected chi connectivity index (χ4v) is 0.243. The molecule has 4 nitrogen and oxygen atoms in total. The van der Waals surface area contributed by atoms with E-state index in [9.17, 15) is 0 Å². The molecule has 0 unspecified atom stereocenters. The van der Waals surface area contributed by atoms with Gasteiger partial charge in [0.2, 0.25) is 0 Å². The Bertz CT molecular complexity index is 40.5. The third kappa shape index (κ3) is 9.32. The summed E-state index contributed by atoms with van der Waals surface area (Å²) in [6, 6.07) is 0. The molecule has 0 aromatic carbocycles. The van der Waals surface area contributed by atoms with Crippen molar-refractivity contribution in [3.05, 3.63) is 0 Å². The minimum atomic E-state index is -1.63. The Hall–Kier alpha value is -0.0951. The second-order valence-corrected chi connectivity index (χ2v) is 1.51. The highest BCUT2D eigenvalue weighted by atomic mass is 16.6. The van der Waals surface area contributed by atoms with Gasteiger partial charge in [-0.25, -0.2) is 0 Å². The van der Waals surface area contributed by atoms with Gasteiger partial charge in [0.15, 0.2) is 0 Å². The number of hydrogen-bond donors (Lipinski definition) is 2.